The van der Waals surface area contributed by atoms with E-state index in [1.54, 1.807) is 0 Å². The van der Waals surface area contributed by atoms with Crippen LogP contribution in [-0.2, 0) is 11.2 Å². The van der Waals surface area contributed by atoms with Crippen LogP contribution in [0.3, 0.4) is 0 Å². The fourth-order valence-corrected chi connectivity index (χ4v) is 3.17. The summed E-state index contributed by atoms with van der Waals surface area (Å²) in [6, 6.07) is 0.508. The molecule has 0 spiro atoms. The highest BCUT2D eigenvalue weighted by Crippen LogP contribution is 2.23. The Balaban J connectivity index is 1.87. The number of aliphatic carboxylic acids is 1. The topological polar surface area (TPSA) is 62.2 Å². The molecule has 100 valence electrons. The van der Waals surface area contributed by atoms with Crippen molar-refractivity contribution in [3.8, 4) is 0 Å². The van der Waals surface area contributed by atoms with E-state index in [2.05, 4.69) is 10.3 Å². The zero-order chi connectivity index (χ0) is 12.8. The minimum absolute atomic E-state index is 0.0167. The SMILES string of the molecule is O=C(O)Cc1csc(NC2CCCCCCC2)n1. The molecule has 0 atom stereocenters. The number of thiazole rings is 1. The summed E-state index contributed by atoms with van der Waals surface area (Å²) in [5.74, 6) is -0.821. The van der Waals surface area contributed by atoms with E-state index < -0.39 is 5.97 Å². The van der Waals surface area contributed by atoms with E-state index in [4.69, 9.17) is 5.11 Å². The van der Waals surface area contributed by atoms with Gasteiger partial charge in [0.1, 0.15) is 0 Å². The summed E-state index contributed by atoms with van der Waals surface area (Å²) in [5.41, 5.74) is 0.654. The molecule has 5 heteroatoms. The van der Waals surface area contributed by atoms with Gasteiger partial charge in [0.25, 0.3) is 0 Å². The van der Waals surface area contributed by atoms with Gasteiger partial charge in [-0.3, -0.25) is 4.79 Å². The molecule has 0 amide bonds. The highest BCUT2D eigenvalue weighted by molar-refractivity contribution is 7.13. The molecule has 1 aromatic heterocycles. The van der Waals surface area contributed by atoms with Crippen molar-refractivity contribution in [2.45, 2.75) is 57.4 Å². The maximum absolute atomic E-state index is 10.6. The molecule has 18 heavy (non-hydrogen) atoms. The molecule has 0 bridgehead atoms. The van der Waals surface area contributed by atoms with Crippen molar-refractivity contribution < 1.29 is 9.90 Å². The molecule has 1 fully saturated rings. The van der Waals surface area contributed by atoms with E-state index in [0.29, 0.717) is 11.7 Å². The number of anilines is 1. The Bertz CT molecular complexity index is 384. The summed E-state index contributed by atoms with van der Waals surface area (Å²) in [6.45, 7) is 0. The lowest BCUT2D eigenvalue weighted by Crippen LogP contribution is -2.20. The maximum atomic E-state index is 10.6. The van der Waals surface area contributed by atoms with Gasteiger partial charge in [-0.05, 0) is 12.8 Å². The highest BCUT2D eigenvalue weighted by atomic mass is 32.1. The summed E-state index contributed by atoms with van der Waals surface area (Å²) >= 11 is 1.51. The lowest BCUT2D eigenvalue weighted by atomic mass is 9.97. The first-order valence-electron chi connectivity index (χ1n) is 6.67. The predicted molar refractivity (Wildman–Crippen MR) is 73.2 cm³/mol. The van der Waals surface area contributed by atoms with Gasteiger partial charge in [0.2, 0.25) is 0 Å². The van der Waals surface area contributed by atoms with E-state index >= 15 is 0 Å². The molecule has 0 saturated heterocycles. The van der Waals surface area contributed by atoms with Crippen LogP contribution in [0.5, 0.6) is 0 Å². The first kappa shape index (κ1) is 13.3. The first-order chi connectivity index (χ1) is 8.74. The van der Waals surface area contributed by atoms with E-state index in [1.165, 1.54) is 56.3 Å². The lowest BCUT2D eigenvalue weighted by Gasteiger charge is -2.20. The van der Waals surface area contributed by atoms with Gasteiger partial charge in [-0.1, -0.05) is 32.1 Å². The highest BCUT2D eigenvalue weighted by Gasteiger charge is 2.13. The lowest BCUT2D eigenvalue weighted by molar-refractivity contribution is -0.136. The predicted octanol–water partition coefficient (Wildman–Crippen LogP) is 3.30. The second-order valence-electron chi connectivity index (χ2n) is 4.90. The molecule has 2 rings (SSSR count). The van der Waals surface area contributed by atoms with Gasteiger partial charge in [-0.15, -0.1) is 11.3 Å². The Kier molecular flexibility index (Phi) is 4.99. The van der Waals surface area contributed by atoms with Gasteiger partial charge in [0.15, 0.2) is 5.13 Å². The molecule has 1 aromatic rings. The number of carbonyl (C=O) groups is 1. The standard InChI is InChI=1S/C13H20N2O2S/c16-12(17)8-11-9-18-13(15-11)14-10-6-4-2-1-3-5-7-10/h9-10H,1-8H2,(H,14,15)(H,16,17). The Morgan fingerprint density at radius 2 is 2.00 bits per heavy atom. The number of nitrogens with one attached hydrogen (secondary N) is 1. The van der Waals surface area contributed by atoms with Crippen molar-refractivity contribution in [2.24, 2.45) is 0 Å². The summed E-state index contributed by atoms with van der Waals surface area (Å²) < 4.78 is 0. The molecular formula is C13H20N2O2S. The number of hydrogen-bond donors (Lipinski definition) is 2. The number of hydrogen-bond acceptors (Lipinski definition) is 4. The quantitative estimate of drug-likeness (QED) is 0.879. The number of aromatic nitrogens is 1. The maximum Gasteiger partial charge on any atom is 0.309 e. The van der Waals surface area contributed by atoms with Crippen molar-refractivity contribution in [1.29, 1.82) is 0 Å². The number of carboxylic acids is 1. The molecule has 0 radical (unpaired) electrons. The number of rotatable bonds is 4. The number of carboxylic acid groups (broad SMARTS) is 1. The van der Waals surface area contributed by atoms with Crippen LogP contribution in [0.2, 0.25) is 0 Å². The van der Waals surface area contributed by atoms with Crippen molar-refractivity contribution in [2.75, 3.05) is 5.32 Å². The molecule has 2 N–H and O–H groups in total. The first-order valence-corrected chi connectivity index (χ1v) is 7.55. The monoisotopic (exact) mass is 268 g/mol. The normalized spacial score (nSPS) is 18.0. The van der Waals surface area contributed by atoms with E-state index in [9.17, 15) is 4.79 Å². The largest absolute Gasteiger partial charge is 0.481 e. The van der Waals surface area contributed by atoms with E-state index in [-0.39, 0.29) is 6.42 Å². The van der Waals surface area contributed by atoms with E-state index in [1.807, 2.05) is 5.38 Å². The Morgan fingerprint density at radius 1 is 1.33 bits per heavy atom. The molecular weight excluding hydrogens is 248 g/mol. The molecule has 1 aliphatic rings. The van der Waals surface area contributed by atoms with Crippen LogP contribution in [0.1, 0.15) is 50.6 Å². The average molecular weight is 268 g/mol. The van der Waals surface area contributed by atoms with Crippen molar-refractivity contribution in [3.05, 3.63) is 11.1 Å². The molecule has 1 saturated carbocycles. The van der Waals surface area contributed by atoms with Gasteiger partial charge in [-0.25, -0.2) is 4.98 Å². The third kappa shape index (κ3) is 4.29. The van der Waals surface area contributed by atoms with Crippen molar-refractivity contribution >= 4 is 22.4 Å². The minimum atomic E-state index is -0.821. The average Bonchev–Trinajstić information content (AvgIpc) is 2.68. The zero-order valence-electron chi connectivity index (χ0n) is 10.5. The number of nitrogens with zero attached hydrogens (tertiary/aromatic N) is 1. The van der Waals surface area contributed by atoms with Gasteiger partial charge in [0, 0.05) is 11.4 Å². The van der Waals surface area contributed by atoms with Crippen LogP contribution in [-0.4, -0.2) is 22.1 Å². The van der Waals surface area contributed by atoms with Crippen molar-refractivity contribution in [1.82, 2.24) is 4.98 Å². The summed E-state index contributed by atoms with van der Waals surface area (Å²) in [4.78, 5) is 14.9. The second kappa shape index (κ2) is 6.73. The van der Waals surface area contributed by atoms with Crippen LogP contribution < -0.4 is 5.32 Å². The van der Waals surface area contributed by atoms with Crippen LogP contribution >= 0.6 is 11.3 Å². The van der Waals surface area contributed by atoms with Crippen LogP contribution in [0.25, 0.3) is 0 Å². The third-order valence-electron chi connectivity index (χ3n) is 3.32. The summed E-state index contributed by atoms with van der Waals surface area (Å²) in [5, 5.41) is 14.9. The van der Waals surface area contributed by atoms with Crippen LogP contribution in [0.4, 0.5) is 5.13 Å². The Hall–Kier alpha value is -1.10. The van der Waals surface area contributed by atoms with E-state index in [0.717, 1.165) is 5.13 Å². The molecule has 1 heterocycles. The molecule has 4 nitrogen and oxygen atoms in total. The summed E-state index contributed by atoms with van der Waals surface area (Å²) in [6.07, 6.45) is 9.02. The molecule has 0 unspecified atom stereocenters. The summed E-state index contributed by atoms with van der Waals surface area (Å²) in [7, 11) is 0. The molecule has 0 aromatic carbocycles. The molecule has 1 aliphatic carbocycles. The second-order valence-corrected chi connectivity index (χ2v) is 5.76. The Labute approximate surface area is 111 Å². The third-order valence-corrected chi connectivity index (χ3v) is 4.14. The Morgan fingerprint density at radius 3 is 2.67 bits per heavy atom. The smallest absolute Gasteiger partial charge is 0.309 e. The fourth-order valence-electron chi connectivity index (χ4n) is 2.38. The molecule has 0 aliphatic heterocycles. The van der Waals surface area contributed by atoms with Crippen LogP contribution in [0.15, 0.2) is 5.38 Å². The van der Waals surface area contributed by atoms with Crippen molar-refractivity contribution in [3.63, 3.8) is 0 Å². The van der Waals surface area contributed by atoms with Gasteiger partial charge < -0.3 is 10.4 Å². The zero-order valence-corrected chi connectivity index (χ0v) is 11.3. The van der Waals surface area contributed by atoms with Gasteiger partial charge >= 0.3 is 5.97 Å². The van der Waals surface area contributed by atoms with Gasteiger partial charge in [0.05, 0.1) is 12.1 Å². The van der Waals surface area contributed by atoms with Gasteiger partial charge in [-0.2, -0.15) is 0 Å². The fraction of sp³-hybridized carbons (Fsp3) is 0.692. The minimum Gasteiger partial charge on any atom is -0.481 e. The van der Waals surface area contributed by atoms with Crippen LogP contribution in [0, 0.1) is 0 Å².